The molecular formula is C17H23FN2O. The van der Waals surface area contributed by atoms with Gasteiger partial charge in [-0.1, -0.05) is 12.1 Å². The van der Waals surface area contributed by atoms with Gasteiger partial charge in [-0.25, -0.2) is 4.39 Å². The van der Waals surface area contributed by atoms with Gasteiger partial charge >= 0.3 is 0 Å². The van der Waals surface area contributed by atoms with Gasteiger partial charge in [0.05, 0.1) is 6.54 Å². The quantitative estimate of drug-likeness (QED) is 0.854. The van der Waals surface area contributed by atoms with E-state index >= 15 is 0 Å². The predicted octanol–water partition coefficient (Wildman–Crippen LogP) is 2.63. The Morgan fingerprint density at radius 3 is 2.29 bits per heavy atom. The average Bonchev–Trinajstić information content (AvgIpc) is 3.03. The standard InChI is InChI=1S/C17H23FN2O/c18-16-5-3-14(4-6-16)15-7-11-19(12-8-15)13-17(21)20-9-1-2-10-20/h3-6,15H,1-2,7-13H2. The van der Waals surface area contributed by atoms with Gasteiger partial charge in [-0.15, -0.1) is 0 Å². The van der Waals surface area contributed by atoms with E-state index in [1.807, 2.05) is 17.0 Å². The summed E-state index contributed by atoms with van der Waals surface area (Å²) in [5, 5.41) is 0. The summed E-state index contributed by atoms with van der Waals surface area (Å²) in [5.41, 5.74) is 1.22. The Balaban J connectivity index is 1.48. The number of amides is 1. The van der Waals surface area contributed by atoms with Crippen molar-refractivity contribution in [1.29, 1.82) is 0 Å². The van der Waals surface area contributed by atoms with Crippen molar-refractivity contribution in [2.75, 3.05) is 32.7 Å². The smallest absolute Gasteiger partial charge is 0.236 e. The molecule has 0 aromatic heterocycles. The molecule has 1 aromatic carbocycles. The number of hydrogen-bond donors (Lipinski definition) is 0. The summed E-state index contributed by atoms with van der Waals surface area (Å²) < 4.78 is 13.0. The Labute approximate surface area is 125 Å². The molecule has 0 atom stereocenters. The zero-order valence-corrected chi connectivity index (χ0v) is 12.4. The minimum atomic E-state index is -0.174. The van der Waals surface area contributed by atoms with Crippen molar-refractivity contribution in [2.24, 2.45) is 0 Å². The molecule has 0 bridgehead atoms. The van der Waals surface area contributed by atoms with Gasteiger partial charge in [-0.3, -0.25) is 9.69 Å². The molecule has 2 heterocycles. The summed E-state index contributed by atoms with van der Waals surface area (Å²) >= 11 is 0. The number of likely N-dealkylation sites (tertiary alicyclic amines) is 2. The molecular weight excluding hydrogens is 267 g/mol. The summed E-state index contributed by atoms with van der Waals surface area (Å²) in [7, 11) is 0. The molecule has 1 amide bonds. The zero-order valence-electron chi connectivity index (χ0n) is 12.4. The maximum absolute atomic E-state index is 13.0. The second kappa shape index (κ2) is 6.56. The van der Waals surface area contributed by atoms with E-state index in [0.717, 1.165) is 51.9 Å². The molecule has 2 fully saturated rings. The number of piperidine rings is 1. The molecule has 3 nitrogen and oxygen atoms in total. The van der Waals surface area contributed by atoms with Crippen LogP contribution in [0.5, 0.6) is 0 Å². The number of benzene rings is 1. The van der Waals surface area contributed by atoms with E-state index in [1.165, 1.54) is 5.56 Å². The first-order valence-corrected chi connectivity index (χ1v) is 7.98. The molecule has 0 saturated carbocycles. The molecule has 2 aliphatic rings. The van der Waals surface area contributed by atoms with Crippen LogP contribution in [0.3, 0.4) is 0 Å². The Morgan fingerprint density at radius 1 is 1.05 bits per heavy atom. The molecule has 0 spiro atoms. The minimum Gasteiger partial charge on any atom is -0.342 e. The fourth-order valence-corrected chi connectivity index (χ4v) is 3.42. The fraction of sp³-hybridized carbons (Fsp3) is 0.588. The Bertz CT molecular complexity index is 474. The number of carbonyl (C=O) groups is 1. The van der Waals surface area contributed by atoms with Crippen molar-refractivity contribution in [3.05, 3.63) is 35.6 Å². The second-order valence-electron chi connectivity index (χ2n) is 6.19. The van der Waals surface area contributed by atoms with Gasteiger partial charge in [0, 0.05) is 13.1 Å². The SMILES string of the molecule is O=C(CN1CCC(c2ccc(F)cc2)CC1)N1CCCC1. The molecule has 2 saturated heterocycles. The van der Waals surface area contributed by atoms with Gasteiger partial charge < -0.3 is 4.90 Å². The molecule has 0 radical (unpaired) electrons. The highest BCUT2D eigenvalue weighted by Crippen LogP contribution is 2.28. The number of carbonyl (C=O) groups excluding carboxylic acids is 1. The van der Waals surface area contributed by atoms with E-state index in [0.29, 0.717) is 12.5 Å². The van der Waals surface area contributed by atoms with Crippen molar-refractivity contribution in [2.45, 2.75) is 31.6 Å². The van der Waals surface area contributed by atoms with Crippen LogP contribution in [0, 0.1) is 5.82 Å². The lowest BCUT2D eigenvalue weighted by Gasteiger charge is -2.32. The van der Waals surface area contributed by atoms with Crippen LogP contribution in [0.25, 0.3) is 0 Å². The number of hydrogen-bond acceptors (Lipinski definition) is 2. The molecule has 2 aliphatic heterocycles. The first-order chi connectivity index (χ1) is 10.2. The maximum Gasteiger partial charge on any atom is 0.236 e. The highest BCUT2D eigenvalue weighted by Gasteiger charge is 2.24. The van der Waals surface area contributed by atoms with E-state index in [2.05, 4.69) is 4.90 Å². The predicted molar refractivity (Wildman–Crippen MR) is 80.6 cm³/mol. The molecule has 21 heavy (non-hydrogen) atoms. The monoisotopic (exact) mass is 290 g/mol. The molecule has 4 heteroatoms. The summed E-state index contributed by atoms with van der Waals surface area (Å²) in [6.07, 6.45) is 4.41. The molecule has 0 unspecified atom stereocenters. The third-order valence-electron chi connectivity index (χ3n) is 4.75. The molecule has 0 N–H and O–H groups in total. The lowest BCUT2D eigenvalue weighted by Crippen LogP contribution is -2.42. The maximum atomic E-state index is 13.0. The molecule has 1 aromatic rings. The van der Waals surface area contributed by atoms with E-state index in [1.54, 1.807) is 12.1 Å². The highest BCUT2D eigenvalue weighted by molar-refractivity contribution is 5.78. The van der Waals surface area contributed by atoms with Gasteiger partial charge in [-0.2, -0.15) is 0 Å². The summed E-state index contributed by atoms with van der Waals surface area (Å²) in [5.74, 6) is 0.615. The first kappa shape index (κ1) is 14.5. The minimum absolute atomic E-state index is 0.174. The van der Waals surface area contributed by atoms with Crippen LogP contribution < -0.4 is 0 Å². The number of nitrogens with zero attached hydrogens (tertiary/aromatic N) is 2. The van der Waals surface area contributed by atoms with Crippen LogP contribution in [0.4, 0.5) is 4.39 Å². The largest absolute Gasteiger partial charge is 0.342 e. The molecule has 3 rings (SSSR count). The molecule has 0 aliphatic carbocycles. The van der Waals surface area contributed by atoms with Crippen molar-refractivity contribution in [1.82, 2.24) is 9.80 Å². The van der Waals surface area contributed by atoms with Crippen LogP contribution >= 0.6 is 0 Å². The Hall–Kier alpha value is -1.42. The lowest BCUT2D eigenvalue weighted by molar-refractivity contribution is -0.131. The Morgan fingerprint density at radius 2 is 1.67 bits per heavy atom. The van der Waals surface area contributed by atoms with Crippen LogP contribution in [0.15, 0.2) is 24.3 Å². The number of rotatable bonds is 3. The van der Waals surface area contributed by atoms with Crippen molar-refractivity contribution in [3.63, 3.8) is 0 Å². The fourth-order valence-electron chi connectivity index (χ4n) is 3.42. The average molecular weight is 290 g/mol. The van der Waals surface area contributed by atoms with Crippen molar-refractivity contribution < 1.29 is 9.18 Å². The van der Waals surface area contributed by atoms with E-state index in [4.69, 9.17) is 0 Å². The highest BCUT2D eigenvalue weighted by atomic mass is 19.1. The molecule has 114 valence electrons. The second-order valence-corrected chi connectivity index (χ2v) is 6.19. The summed E-state index contributed by atoms with van der Waals surface area (Å²) in [6, 6.07) is 6.87. The third kappa shape index (κ3) is 3.62. The zero-order chi connectivity index (χ0) is 14.7. The summed E-state index contributed by atoms with van der Waals surface area (Å²) in [6.45, 7) is 4.36. The number of halogens is 1. The van der Waals surface area contributed by atoms with E-state index in [9.17, 15) is 9.18 Å². The van der Waals surface area contributed by atoms with Crippen LogP contribution in [0.1, 0.15) is 37.2 Å². The van der Waals surface area contributed by atoms with Crippen molar-refractivity contribution in [3.8, 4) is 0 Å². The summed E-state index contributed by atoms with van der Waals surface area (Å²) in [4.78, 5) is 16.4. The topological polar surface area (TPSA) is 23.6 Å². The normalized spacial score (nSPS) is 20.9. The van der Waals surface area contributed by atoms with Gasteiger partial charge in [0.2, 0.25) is 5.91 Å². The van der Waals surface area contributed by atoms with Gasteiger partial charge in [-0.05, 0) is 62.4 Å². The van der Waals surface area contributed by atoms with Crippen LogP contribution in [0.2, 0.25) is 0 Å². The van der Waals surface area contributed by atoms with Gasteiger partial charge in [0.25, 0.3) is 0 Å². The lowest BCUT2D eigenvalue weighted by atomic mass is 9.89. The van der Waals surface area contributed by atoms with Gasteiger partial charge in [0.15, 0.2) is 0 Å². The Kier molecular flexibility index (Phi) is 4.54. The van der Waals surface area contributed by atoms with Crippen molar-refractivity contribution >= 4 is 5.91 Å². The van der Waals surface area contributed by atoms with E-state index < -0.39 is 0 Å². The first-order valence-electron chi connectivity index (χ1n) is 7.98. The third-order valence-corrected chi connectivity index (χ3v) is 4.75. The van der Waals surface area contributed by atoms with Crippen LogP contribution in [-0.4, -0.2) is 48.4 Å². The van der Waals surface area contributed by atoms with E-state index in [-0.39, 0.29) is 11.7 Å². The van der Waals surface area contributed by atoms with Crippen LogP contribution in [-0.2, 0) is 4.79 Å². The van der Waals surface area contributed by atoms with Gasteiger partial charge in [0.1, 0.15) is 5.82 Å².